The van der Waals surface area contributed by atoms with Gasteiger partial charge in [0.05, 0.1) is 25.5 Å². The summed E-state index contributed by atoms with van der Waals surface area (Å²) in [6.07, 6.45) is 3.30. The second kappa shape index (κ2) is 5.61. The minimum atomic E-state index is -1.14. The molecule has 0 aliphatic heterocycles. The first-order valence-electron chi connectivity index (χ1n) is 6.31. The van der Waals surface area contributed by atoms with Crippen LogP contribution in [0.2, 0.25) is 0 Å². The largest absolute Gasteiger partial charge is 0.491 e. The summed E-state index contributed by atoms with van der Waals surface area (Å²) in [6.45, 7) is 9.74. The quantitative estimate of drug-likeness (QED) is 0.816. The zero-order valence-corrected chi connectivity index (χ0v) is 12.3. The molecule has 0 fully saturated rings. The van der Waals surface area contributed by atoms with Gasteiger partial charge in [-0.15, -0.1) is 0 Å². The number of carbonyl (C=O) groups is 1. The fourth-order valence-electron chi connectivity index (χ4n) is 1.47. The lowest BCUT2D eigenvalue weighted by Crippen LogP contribution is -2.51. The van der Waals surface area contributed by atoms with E-state index < -0.39 is 17.1 Å². The van der Waals surface area contributed by atoms with Crippen molar-refractivity contribution in [2.45, 2.75) is 52.3 Å². The summed E-state index contributed by atoms with van der Waals surface area (Å²) in [5.41, 5.74) is 4.31. The fraction of sp³-hybridized carbons (Fsp3) is 0.692. The molecule has 0 saturated carbocycles. The van der Waals surface area contributed by atoms with Gasteiger partial charge in [0, 0.05) is 0 Å². The van der Waals surface area contributed by atoms with Crippen LogP contribution in [-0.2, 0) is 16.1 Å². The molecule has 1 atom stereocenters. The van der Waals surface area contributed by atoms with Gasteiger partial charge in [-0.25, -0.2) is 4.79 Å². The van der Waals surface area contributed by atoms with Crippen LogP contribution in [0.3, 0.4) is 0 Å². The summed E-state index contributed by atoms with van der Waals surface area (Å²) in [7, 11) is 0. The predicted molar refractivity (Wildman–Crippen MR) is 71.8 cm³/mol. The highest BCUT2D eigenvalue weighted by Crippen LogP contribution is 2.15. The molecule has 1 aromatic rings. The standard InChI is InChI=1S/C13H23N3O3/c1-6-18-10-7-15-16(8-10)9-13(5,14)11(17)19-12(2,3)4/h7-8H,6,9,14H2,1-5H3. The first kappa shape index (κ1) is 15.5. The number of aromatic nitrogens is 2. The van der Waals surface area contributed by atoms with Crippen LogP contribution in [0.1, 0.15) is 34.6 Å². The fourth-order valence-corrected chi connectivity index (χ4v) is 1.47. The van der Waals surface area contributed by atoms with Gasteiger partial charge < -0.3 is 15.2 Å². The lowest BCUT2D eigenvalue weighted by atomic mass is 10.0. The van der Waals surface area contributed by atoms with Gasteiger partial charge >= 0.3 is 5.97 Å². The van der Waals surface area contributed by atoms with Gasteiger partial charge in [0.25, 0.3) is 0 Å². The molecule has 0 aromatic carbocycles. The van der Waals surface area contributed by atoms with E-state index >= 15 is 0 Å². The van der Waals surface area contributed by atoms with Crippen molar-refractivity contribution in [1.82, 2.24) is 9.78 Å². The molecule has 0 amide bonds. The lowest BCUT2D eigenvalue weighted by Gasteiger charge is -2.28. The topological polar surface area (TPSA) is 79.4 Å². The lowest BCUT2D eigenvalue weighted by molar-refractivity contribution is -0.161. The summed E-state index contributed by atoms with van der Waals surface area (Å²) in [5, 5.41) is 4.10. The van der Waals surface area contributed by atoms with Crippen molar-refractivity contribution in [3.63, 3.8) is 0 Å². The molecule has 0 saturated heterocycles. The summed E-state index contributed by atoms with van der Waals surface area (Å²) in [5.74, 6) is 0.205. The third-order valence-electron chi connectivity index (χ3n) is 2.28. The van der Waals surface area contributed by atoms with Crippen LogP contribution in [0, 0.1) is 0 Å². The number of hydrogen-bond acceptors (Lipinski definition) is 5. The first-order valence-corrected chi connectivity index (χ1v) is 6.31. The van der Waals surface area contributed by atoms with Crippen LogP contribution >= 0.6 is 0 Å². The summed E-state index contributed by atoms with van der Waals surface area (Å²) < 4.78 is 12.2. The molecule has 6 nitrogen and oxygen atoms in total. The predicted octanol–water partition coefficient (Wildman–Crippen LogP) is 1.34. The minimum absolute atomic E-state index is 0.231. The number of esters is 1. The number of ether oxygens (including phenoxy) is 2. The molecule has 2 N–H and O–H groups in total. The minimum Gasteiger partial charge on any atom is -0.491 e. The van der Waals surface area contributed by atoms with Crippen LogP contribution < -0.4 is 10.5 Å². The maximum atomic E-state index is 12.0. The monoisotopic (exact) mass is 269 g/mol. The Hall–Kier alpha value is -1.56. The number of hydrogen-bond donors (Lipinski definition) is 1. The molecule has 0 aliphatic carbocycles. The Balaban J connectivity index is 2.69. The van der Waals surface area contributed by atoms with Crippen LogP contribution in [-0.4, -0.2) is 33.5 Å². The third kappa shape index (κ3) is 4.90. The molecule has 0 bridgehead atoms. The van der Waals surface area contributed by atoms with E-state index in [2.05, 4.69) is 5.10 Å². The van der Waals surface area contributed by atoms with E-state index in [9.17, 15) is 4.79 Å². The van der Waals surface area contributed by atoms with Crippen LogP contribution in [0.5, 0.6) is 5.75 Å². The van der Waals surface area contributed by atoms with Gasteiger partial charge in [-0.05, 0) is 34.6 Å². The number of nitrogens with zero attached hydrogens (tertiary/aromatic N) is 2. The van der Waals surface area contributed by atoms with Crippen molar-refractivity contribution in [2.24, 2.45) is 5.73 Å². The Labute approximate surface area is 113 Å². The van der Waals surface area contributed by atoms with Crippen molar-refractivity contribution < 1.29 is 14.3 Å². The van der Waals surface area contributed by atoms with Gasteiger partial charge in [0.2, 0.25) is 0 Å². The average Bonchev–Trinajstić information content (AvgIpc) is 2.62. The highest BCUT2D eigenvalue weighted by molar-refractivity contribution is 5.80. The molecular weight excluding hydrogens is 246 g/mol. The average molecular weight is 269 g/mol. The molecular formula is C13H23N3O3. The maximum Gasteiger partial charge on any atom is 0.328 e. The number of rotatable bonds is 5. The molecule has 19 heavy (non-hydrogen) atoms. The molecule has 1 aromatic heterocycles. The molecule has 0 radical (unpaired) electrons. The zero-order valence-electron chi connectivity index (χ0n) is 12.3. The number of nitrogens with two attached hydrogens (primary N) is 1. The Morgan fingerprint density at radius 2 is 2.05 bits per heavy atom. The van der Waals surface area contributed by atoms with Crippen LogP contribution in [0.4, 0.5) is 0 Å². The van der Waals surface area contributed by atoms with Crippen molar-refractivity contribution >= 4 is 5.97 Å². The van der Waals surface area contributed by atoms with Gasteiger partial charge in [-0.1, -0.05) is 0 Å². The molecule has 1 heterocycles. The third-order valence-corrected chi connectivity index (χ3v) is 2.28. The summed E-state index contributed by atoms with van der Waals surface area (Å²) in [4.78, 5) is 12.0. The summed E-state index contributed by atoms with van der Waals surface area (Å²) in [6, 6.07) is 0. The van der Waals surface area contributed by atoms with Crippen molar-refractivity contribution in [3.05, 3.63) is 12.4 Å². The van der Waals surface area contributed by atoms with E-state index in [0.717, 1.165) is 0 Å². The molecule has 6 heteroatoms. The van der Waals surface area contributed by atoms with Gasteiger partial charge in [0.1, 0.15) is 11.1 Å². The molecule has 1 rings (SSSR count). The van der Waals surface area contributed by atoms with Gasteiger partial charge in [-0.2, -0.15) is 5.10 Å². The highest BCUT2D eigenvalue weighted by Gasteiger charge is 2.34. The van der Waals surface area contributed by atoms with Gasteiger partial charge in [0.15, 0.2) is 5.75 Å². The Bertz CT molecular complexity index is 433. The second-order valence-electron chi connectivity index (χ2n) is 5.73. The van der Waals surface area contributed by atoms with Crippen LogP contribution in [0.25, 0.3) is 0 Å². The highest BCUT2D eigenvalue weighted by atomic mass is 16.6. The Morgan fingerprint density at radius 1 is 1.42 bits per heavy atom. The van der Waals surface area contributed by atoms with E-state index in [-0.39, 0.29) is 6.54 Å². The zero-order chi connectivity index (χ0) is 14.7. The van der Waals surface area contributed by atoms with Crippen LogP contribution in [0.15, 0.2) is 12.4 Å². The smallest absolute Gasteiger partial charge is 0.328 e. The molecule has 0 spiro atoms. The van der Waals surface area contributed by atoms with E-state index in [1.807, 2.05) is 27.7 Å². The Kier molecular flexibility index (Phi) is 4.57. The van der Waals surface area contributed by atoms with Crippen molar-refractivity contribution in [1.29, 1.82) is 0 Å². The molecule has 108 valence electrons. The Morgan fingerprint density at radius 3 is 2.58 bits per heavy atom. The first-order chi connectivity index (χ1) is 8.64. The maximum absolute atomic E-state index is 12.0. The van der Waals surface area contributed by atoms with Crippen molar-refractivity contribution in [3.8, 4) is 5.75 Å². The number of carbonyl (C=O) groups excluding carboxylic acids is 1. The summed E-state index contributed by atoms with van der Waals surface area (Å²) >= 11 is 0. The van der Waals surface area contributed by atoms with Crippen molar-refractivity contribution in [2.75, 3.05) is 6.61 Å². The van der Waals surface area contributed by atoms with E-state index in [4.69, 9.17) is 15.2 Å². The van der Waals surface area contributed by atoms with E-state index in [0.29, 0.717) is 12.4 Å². The van der Waals surface area contributed by atoms with E-state index in [1.54, 1.807) is 24.0 Å². The SMILES string of the molecule is CCOc1cnn(CC(C)(N)C(=O)OC(C)(C)C)c1. The molecule has 0 aliphatic rings. The normalized spacial score (nSPS) is 14.8. The van der Waals surface area contributed by atoms with Gasteiger partial charge in [-0.3, -0.25) is 4.68 Å². The van der Waals surface area contributed by atoms with E-state index in [1.165, 1.54) is 0 Å². The molecule has 1 unspecified atom stereocenters. The second-order valence-corrected chi connectivity index (χ2v) is 5.73.